The van der Waals surface area contributed by atoms with Crippen LogP contribution in [-0.2, 0) is 14.3 Å². The van der Waals surface area contributed by atoms with Crippen molar-refractivity contribution in [1.82, 2.24) is 0 Å². The predicted molar refractivity (Wildman–Crippen MR) is 75.4 cm³/mol. The number of allylic oxidation sites excluding steroid dienone is 2. The lowest BCUT2D eigenvalue weighted by Crippen LogP contribution is -2.13. The van der Waals surface area contributed by atoms with E-state index in [0.717, 1.165) is 5.56 Å². The second-order valence-electron chi connectivity index (χ2n) is 3.79. The number of hydrogen-bond donors (Lipinski definition) is 0. The summed E-state index contributed by atoms with van der Waals surface area (Å²) in [6.07, 6.45) is 6.38. The van der Waals surface area contributed by atoms with Crippen molar-refractivity contribution in [3.63, 3.8) is 0 Å². The van der Waals surface area contributed by atoms with Crippen molar-refractivity contribution in [2.24, 2.45) is 0 Å². The van der Waals surface area contributed by atoms with Gasteiger partial charge in [-0.1, -0.05) is 55.1 Å². The Morgan fingerprint density at radius 1 is 1.26 bits per heavy atom. The van der Waals surface area contributed by atoms with Gasteiger partial charge in [0.25, 0.3) is 0 Å². The molecule has 0 aromatic heterocycles. The lowest BCUT2D eigenvalue weighted by molar-refractivity contribution is -0.139. The maximum Gasteiger partial charge on any atom is 0.342 e. The van der Waals surface area contributed by atoms with Crippen LogP contribution in [0.15, 0.2) is 60.7 Å². The topological polar surface area (TPSA) is 43.4 Å². The first-order valence-corrected chi connectivity index (χ1v) is 5.87. The third kappa shape index (κ3) is 5.17. The zero-order chi connectivity index (χ0) is 14.1. The number of carbonyl (C=O) groups excluding carboxylic acids is 2. The van der Waals surface area contributed by atoms with E-state index in [1.165, 1.54) is 19.1 Å². The first kappa shape index (κ1) is 14.6. The highest BCUT2D eigenvalue weighted by molar-refractivity contribution is 6.16. The second-order valence-corrected chi connectivity index (χ2v) is 3.79. The highest BCUT2D eigenvalue weighted by Crippen LogP contribution is 2.05. The molecule has 1 aromatic carbocycles. The van der Waals surface area contributed by atoms with Crippen LogP contribution in [-0.4, -0.2) is 18.4 Å². The fraction of sp³-hybridized carbons (Fsp3) is 0.125. The van der Waals surface area contributed by atoms with Gasteiger partial charge in [0.05, 0.1) is 0 Å². The van der Waals surface area contributed by atoms with Crippen LogP contribution in [0.2, 0.25) is 0 Å². The molecule has 0 atom stereocenters. The molecule has 0 fully saturated rings. The fourth-order valence-electron chi connectivity index (χ4n) is 1.36. The Bertz CT molecular complexity index is 510. The molecule has 98 valence electrons. The first-order valence-electron chi connectivity index (χ1n) is 5.87. The molecular formula is C16H16O3. The number of ketones is 1. The van der Waals surface area contributed by atoms with E-state index in [1.54, 1.807) is 6.08 Å². The Morgan fingerprint density at radius 2 is 1.95 bits per heavy atom. The molecule has 0 spiro atoms. The average molecular weight is 256 g/mol. The number of hydrogen-bond acceptors (Lipinski definition) is 3. The van der Waals surface area contributed by atoms with Gasteiger partial charge in [0, 0.05) is 0 Å². The summed E-state index contributed by atoms with van der Waals surface area (Å²) in [5, 5.41) is 0. The largest absolute Gasteiger partial charge is 0.458 e. The van der Waals surface area contributed by atoms with E-state index < -0.39 is 5.97 Å². The van der Waals surface area contributed by atoms with Crippen LogP contribution in [0.5, 0.6) is 0 Å². The molecular weight excluding hydrogens is 240 g/mol. The molecule has 0 aliphatic heterocycles. The van der Waals surface area contributed by atoms with Crippen molar-refractivity contribution >= 4 is 17.8 Å². The number of benzene rings is 1. The highest BCUT2D eigenvalue weighted by atomic mass is 16.5. The smallest absolute Gasteiger partial charge is 0.342 e. The van der Waals surface area contributed by atoms with Gasteiger partial charge in [0.1, 0.15) is 12.2 Å². The van der Waals surface area contributed by atoms with Gasteiger partial charge in [-0.25, -0.2) is 4.79 Å². The molecule has 1 aromatic rings. The van der Waals surface area contributed by atoms with Crippen molar-refractivity contribution in [3.8, 4) is 0 Å². The molecule has 1 rings (SSSR count). The van der Waals surface area contributed by atoms with Gasteiger partial charge in [0.2, 0.25) is 0 Å². The SMILES string of the molecule is C=CCOC(=O)/C(=C/C=C/c1ccccc1)C(C)=O. The van der Waals surface area contributed by atoms with Crippen LogP contribution in [0, 0.1) is 0 Å². The first-order chi connectivity index (χ1) is 9.15. The third-order valence-corrected chi connectivity index (χ3v) is 2.28. The van der Waals surface area contributed by atoms with Gasteiger partial charge >= 0.3 is 5.97 Å². The predicted octanol–water partition coefficient (Wildman–Crippen LogP) is 2.94. The van der Waals surface area contributed by atoms with Crippen molar-refractivity contribution < 1.29 is 14.3 Å². The summed E-state index contributed by atoms with van der Waals surface area (Å²) >= 11 is 0. The quantitative estimate of drug-likeness (QED) is 0.196. The minimum atomic E-state index is -0.634. The van der Waals surface area contributed by atoms with Gasteiger partial charge in [0.15, 0.2) is 5.78 Å². The maximum atomic E-state index is 11.6. The van der Waals surface area contributed by atoms with E-state index in [0.29, 0.717) is 0 Å². The van der Waals surface area contributed by atoms with E-state index in [4.69, 9.17) is 4.74 Å². The molecule has 0 bridgehead atoms. The normalized spacial score (nSPS) is 11.3. The van der Waals surface area contributed by atoms with E-state index in [2.05, 4.69) is 6.58 Å². The summed E-state index contributed by atoms with van der Waals surface area (Å²) in [4.78, 5) is 23.0. The van der Waals surface area contributed by atoms with E-state index >= 15 is 0 Å². The lowest BCUT2D eigenvalue weighted by atomic mass is 10.1. The molecule has 0 saturated carbocycles. The number of esters is 1. The van der Waals surface area contributed by atoms with Gasteiger partial charge in [-0.3, -0.25) is 4.79 Å². The fourth-order valence-corrected chi connectivity index (χ4v) is 1.36. The summed E-state index contributed by atoms with van der Waals surface area (Å²) in [5.41, 5.74) is 1.01. The number of ether oxygens (including phenoxy) is 1. The molecule has 0 radical (unpaired) electrons. The minimum Gasteiger partial charge on any atom is -0.458 e. The monoisotopic (exact) mass is 256 g/mol. The van der Waals surface area contributed by atoms with Crippen LogP contribution in [0.25, 0.3) is 6.08 Å². The molecule has 3 heteroatoms. The van der Waals surface area contributed by atoms with Crippen LogP contribution in [0.3, 0.4) is 0 Å². The van der Waals surface area contributed by atoms with Gasteiger partial charge in [-0.2, -0.15) is 0 Å². The average Bonchev–Trinajstić information content (AvgIpc) is 2.41. The lowest BCUT2D eigenvalue weighted by Gasteiger charge is -2.02. The van der Waals surface area contributed by atoms with Crippen molar-refractivity contribution in [3.05, 3.63) is 66.3 Å². The van der Waals surface area contributed by atoms with E-state index in [9.17, 15) is 9.59 Å². The van der Waals surface area contributed by atoms with Crippen molar-refractivity contribution in [2.45, 2.75) is 6.92 Å². The standard InChI is InChI=1S/C16H16O3/c1-3-12-19-16(18)15(13(2)17)11-7-10-14-8-5-4-6-9-14/h3-11H,1,12H2,2H3/b10-7+,15-11+. The Kier molecular flexibility index (Phi) is 6.03. The Morgan fingerprint density at radius 3 is 2.53 bits per heavy atom. The number of carbonyl (C=O) groups is 2. The molecule has 0 amide bonds. The van der Waals surface area contributed by atoms with Crippen molar-refractivity contribution in [1.29, 1.82) is 0 Å². The van der Waals surface area contributed by atoms with E-state index in [1.807, 2.05) is 36.4 Å². The van der Waals surface area contributed by atoms with Gasteiger partial charge in [-0.15, -0.1) is 0 Å². The zero-order valence-corrected chi connectivity index (χ0v) is 10.8. The van der Waals surface area contributed by atoms with Gasteiger partial charge in [-0.05, 0) is 18.6 Å². The summed E-state index contributed by atoms with van der Waals surface area (Å²) in [6.45, 7) is 4.86. The second kappa shape index (κ2) is 7.82. The molecule has 0 saturated heterocycles. The van der Waals surface area contributed by atoms with E-state index in [-0.39, 0.29) is 18.0 Å². The van der Waals surface area contributed by atoms with Crippen LogP contribution in [0.4, 0.5) is 0 Å². The molecule has 0 aliphatic carbocycles. The molecule has 0 N–H and O–H groups in total. The Balaban J connectivity index is 2.79. The summed E-state index contributed by atoms with van der Waals surface area (Å²) in [7, 11) is 0. The van der Waals surface area contributed by atoms with Crippen LogP contribution >= 0.6 is 0 Å². The van der Waals surface area contributed by atoms with Gasteiger partial charge < -0.3 is 4.74 Å². The van der Waals surface area contributed by atoms with Crippen LogP contribution in [0.1, 0.15) is 12.5 Å². The van der Waals surface area contributed by atoms with Crippen LogP contribution < -0.4 is 0 Å². The number of rotatable bonds is 6. The Labute approximate surface area is 112 Å². The summed E-state index contributed by atoms with van der Waals surface area (Å²) in [5.74, 6) is -0.961. The molecule has 0 unspecified atom stereocenters. The summed E-state index contributed by atoms with van der Waals surface area (Å²) in [6, 6.07) is 9.59. The molecule has 3 nitrogen and oxygen atoms in total. The highest BCUT2D eigenvalue weighted by Gasteiger charge is 2.14. The van der Waals surface area contributed by atoms with Crippen molar-refractivity contribution in [2.75, 3.05) is 6.61 Å². The Hall–Kier alpha value is -2.42. The molecule has 0 aliphatic rings. The zero-order valence-electron chi connectivity index (χ0n) is 10.8. The minimum absolute atomic E-state index is 0.0223. The maximum absolute atomic E-state index is 11.6. The third-order valence-electron chi connectivity index (χ3n) is 2.28. The number of Topliss-reactive ketones (excluding diaryl/α,β-unsaturated/α-hetero) is 1. The molecule has 19 heavy (non-hydrogen) atoms. The summed E-state index contributed by atoms with van der Waals surface area (Å²) < 4.78 is 4.84. The molecule has 0 heterocycles.